The maximum Gasteiger partial charge on any atom is 0.271 e. The quantitative estimate of drug-likeness (QED) is 0.662. The van der Waals surface area contributed by atoms with E-state index in [-0.39, 0.29) is 11.4 Å². The number of anilines is 1. The van der Waals surface area contributed by atoms with Crippen molar-refractivity contribution in [1.29, 1.82) is 0 Å². The summed E-state index contributed by atoms with van der Waals surface area (Å²) in [5.74, 6) is -0.144. The summed E-state index contributed by atoms with van der Waals surface area (Å²) in [4.78, 5) is 10.1. The van der Waals surface area contributed by atoms with Crippen molar-refractivity contribution in [3.8, 4) is 0 Å². The van der Waals surface area contributed by atoms with Crippen LogP contribution in [0.3, 0.4) is 0 Å². The Morgan fingerprint density at radius 2 is 2.39 bits per heavy atom. The fourth-order valence-electron chi connectivity index (χ4n) is 1.98. The van der Waals surface area contributed by atoms with Crippen molar-refractivity contribution in [2.75, 3.05) is 25.1 Å². The van der Waals surface area contributed by atoms with Gasteiger partial charge in [-0.3, -0.25) is 10.1 Å². The minimum atomic E-state index is -0.533. The molecular formula is C12H15FN2O3. The van der Waals surface area contributed by atoms with Crippen LogP contribution in [0.2, 0.25) is 0 Å². The Bertz CT molecular complexity index is 433. The number of nitrogens with one attached hydrogen (secondary N) is 1. The first-order valence-electron chi connectivity index (χ1n) is 5.92. The predicted molar refractivity (Wildman–Crippen MR) is 65.1 cm³/mol. The number of halogens is 1. The Kier molecular flexibility index (Phi) is 4.09. The van der Waals surface area contributed by atoms with E-state index in [4.69, 9.17) is 4.74 Å². The van der Waals surface area contributed by atoms with Gasteiger partial charge in [-0.05, 0) is 24.8 Å². The van der Waals surface area contributed by atoms with Gasteiger partial charge in [-0.1, -0.05) is 0 Å². The number of benzene rings is 1. The summed E-state index contributed by atoms with van der Waals surface area (Å²) < 4.78 is 18.8. The van der Waals surface area contributed by atoms with Gasteiger partial charge in [-0.25, -0.2) is 4.39 Å². The zero-order valence-corrected chi connectivity index (χ0v) is 9.89. The van der Waals surface area contributed by atoms with Crippen LogP contribution in [0.5, 0.6) is 0 Å². The molecule has 0 bridgehead atoms. The molecule has 0 aliphatic carbocycles. The molecule has 0 saturated carbocycles. The van der Waals surface area contributed by atoms with Crippen LogP contribution in [0.25, 0.3) is 0 Å². The fourth-order valence-corrected chi connectivity index (χ4v) is 1.98. The summed E-state index contributed by atoms with van der Waals surface area (Å²) in [6, 6.07) is 3.49. The molecule has 0 spiro atoms. The van der Waals surface area contributed by atoms with E-state index in [1.54, 1.807) is 0 Å². The maximum absolute atomic E-state index is 13.5. The van der Waals surface area contributed by atoms with Crippen molar-refractivity contribution < 1.29 is 14.1 Å². The number of nitrogens with zero attached hydrogens (tertiary/aromatic N) is 1. The molecule has 1 atom stereocenters. The molecule has 1 N–H and O–H groups in total. The molecule has 1 fully saturated rings. The molecule has 1 unspecified atom stereocenters. The van der Waals surface area contributed by atoms with Crippen molar-refractivity contribution in [3.05, 3.63) is 34.1 Å². The van der Waals surface area contributed by atoms with Crippen LogP contribution in [0, 0.1) is 21.8 Å². The zero-order chi connectivity index (χ0) is 13.0. The van der Waals surface area contributed by atoms with Gasteiger partial charge in [0.15, 0.2) is 0 Å². The van der Waals surface area contributed by atoms with E-state index in [0.29, 0.717) is 19.1 Å². The van der Waals surface area contributed by atoms with Crippen LogP contribution >= 0.6 is 0 Å². The van der Waals surface area contributed by atoms with Crippen LogP contribution in [0.4, 0.5) is 15.8 Å². The van der Waals surface area contributed by atoms with Gasteiger partial charge in [0.05, 0.1) is 17.2 Å². The monoisotopic (exact) mass is 254 g/mol. The molecule has 2 rings (SSSR count). The van der Waals surface area contributed by atoms with Crippen molar-refractivity contribution in [1.82, 2.24) is 0 Å². The molecule has 98 valence electrons. The number of hydrogen-bond donors (Lipinski definition) is 1. The van der Waals surface area contributed by atoms with Crippen LogP contribution in [0.1, 0.15) is 12.8 Å². The highest BCUT2D eigenvalue weighted by Crippen LogP contribution is 2.22. The summed E-state index contributed by atoms with van der Waals surface area (Å²) in [5.41, 5.74) is 0.0635. The minimum absolute atomic E-state index is 0.112. The lowest BCUT2D eigenvalue weighted by Crippen LogP contribution is -2.24. The van der Waals surface area contributed by atoms with Gasteiger partial charge in [-0.15, -0.1) is 0 Å². The molecule has 1 aliphatic heterocycles. The smallest absolute Gasteiger partial charge is 0.271 e. The van der Waals surface area contributed by atoms with Gasteiger partial charge < -0.3 is 10.1 Å². The summed E-state index contributed by atoms with van der Waals surface area (Å²) >= 11 is 0. The molecule has 1 aromatic carbocycles. The number of rotatable bonds is 4. The first-order valence-corrected chi connectivity index (χ1v) is 5.92. The van der Waals surface area contributed by atoms with E-state index in [1.807, 2.05) is 0 Å². The van der Waals surface area contributed by atoms with E-state index >= 15 is 0 Å². The average Bonchev–Trinajstić information content (AvgIpc) is 2.38. The van der Waals surface area contributed by atoms with Gasteiger partial charge in [0.2, 0.25) is 0 Å². The predicted octanol–water partition coefficient (Wildman–Crippen LogP) is 2.57. The number of nitro groups is 1. The third kappa shape index (κ3) is 3.16. The molecule has 6 heteroatoms. The standard InChI is InChI=1S/C12H15FN2O3/c13-11-4-3-10(15(16)17)6-12(11)14-7-9-2-1-5-18-8-9/h3-4,6,9,14H,1-2,5,7-8H2. The molecule has 0 aromatic heterocycles. The van der Waals surface area contributed by atoms with Gasteiger partial charge >= 0.3 is 0 Å². The Morgan fingerprint density at radius 1 is 1.56 bits per heavy atom. The van der Waals surface area contributed by atoms with E-state index in [2.05, 4.69) is 5.32 Å². The van der Waals surface area contributed by atoms with Crippen molar-refractivity contribution >= 4 is 11.4 Å². The minimum Gasteiger partial charge on any atom is -0.382 e. The van der Waals surface area contributed by atoms with Gasteiger partial charge in [0, 0.05) is 25.3 Å². The summed E-state index contributed by atoms with van der Waals surface area (Å²) in [7, 11) is 0. The fraction of sp³-hybridized carbons (Fsp3) is 0.500. The second-order valence-electron chi connectivity index (χ2n) is 4.39. The molecule has 1 heterocycles. The molecule has 0 amide bonds. The molecule has 18 heavy (non-hydrogen) atoms. The molecule has 0 radical (unpaired) electrons. The summed E-state index contributed by atoms with van der Waals surface area (Å²) in [6.45, 7) is 2.00. The van der Waals surface area contributed by atoms with Crippen LogP contribution in [-0.2, 0) is 4.74 Å². The van der Waals surface area contributed by atoms with E-state index in [0.717, 1.165) is 31.6 Å². The lowest BCUT2D eigenvalue weighted by molar-refractivity contribution is -0.384. The van der Waals surface area contributed by atoms with Gasteiger partial charge in [0.25, 0.3) is 5.69 Å². The third-order valence-corrected chi connectivity index (χ3v) is 3.00. The van der Waals surface area contributed by atoms with Gasteiger partial charge in [-0.2, -0.15) is 0 Å². The lowest BCUT2D eigenvalue weighted by Gasteiger charge is -2.22. The normalized spacial score (nSPS) is 19.5. The van der Waals surface area contributed by atoms with E-state index in [1.165, 1.54) is 6.07 Å². The second kappa shape index (κ2) is 5.77. The zero-order valence-electron chi connectivity index (χ0n) is 9.89. The second-order valence-corrected chi connectivity index (χ2v) is 4.39. The molecular weight excluding hydrogens is 239 g/mol. The molecule has 1 aliphatic rings. The number of hydrogen-bond acceptors (Lipinski definition) is 4. The van der Waals surface area contributed by atoms with E-state index in [9.17, 15) is 14.5 Å². The Labute approximate surface area is 104 Å². The van der Waals surface area contributed by atoms with Crippen molar-refractivity contribution in [2.45, 2.75) is 12.8 Å². The van der Waals surface area contributed by atoms with Crippen LogP contribution in [0.15, 0.2) is 18.2 Å². The third-order valence-electron chi connectivity index (χ3n) is 3.00. The number of non-ortho nitro benzene ring substituents is 1. The van der Waals surface area contributed by atoms with Crippen LogP contribution in [-0.4, -0.2) is 24.7 Å². The highest BCUT2D eigenvalue weighted by molar-refractivity contribution is 5.52. The summed E-state index contributed by atoms with van der Waals surface area (Å²) in [5, 5.41) is 13.5. The molecule has 1 saturated heterocycles. The average molecular weight is 254 g/mol. The largest absolute Gasteiger partial charge is 0.382 e. The Morgan fingerprint density at radius 3 is 3.06 bits per heavy atom. The topological polar surface area (TPSA) is 64.4 Å². The molecule has 1 aromatic rings. The van der Waals surface area contributed by atoms with E-state index < -0.39 is 10.7 Å². The molecule has 5 nitrogen and oxygen atoms in total. The first kappa shape index (κ1) is 12.8. The highest BCUT2D eigenvalue weighted by atomic mass is 19.1. The SMILES string of the molecule is O=[N+]([O-])c1ccc(F)c(NCC2CCCOC2)c1. The Balaban J connectivity index is 1.99. The maximum atomic E-state index is 13.5. The Hall–Kier alpha value is -1.69. The van der Waals surface area contributed by atoms with Gasteiger partial charge in [0.1, 0.15) is 5.82 Å². The summed E-state index contributed by atoms with van der Waals surface area (Å²) in [6.07, 6.45) is 2.04. The van der Waals surface area contributed by atoms with Crippen molar-refractivity contribution in [2.24, 2.45) is 5.92 Å². The van der Waals surface area contributed by atoms with Crippen LogP contribution < -0.4 is 5.32 Å². The highest BCUT2D eigenvalue weighted by Gasteiger charge is 2.15. The first-order chi connectivity index (χ1) is 8.66. The number of nitro benzene ring substituents is 1. The van der Waals surface area contributed by atoms with Crippen molar-refractivity contribution in [3.63, 3.8) is 0 Å². The number of ether oxygens (including phenoxy) is 1. The lowest BCUT2D eigenvalue weighted by atomic mass is 10.0.